The van der Waals surface area contributed by atoms with Gasteiger partial charge in [0.15, 0.2) is 6.61 Å². The molecule has 124 valence electrons. The minimum Gasteiger partial charge on any atom is -0.484 e. The van der Waals surface area contributed by atoms with E-state index in [2.05, 4.69) is 23.2 Å². The molecule has 5 nitrogen and oxygen atoms in total. The second kappa shape index (κ2) is 7.47. The number of hydrogen-bond donors (Lipinski definition) is 1. The van der Waals surface area contributed by atoms with Gasteiger partial charge in [0.25, 0.3) is 5.91 Å². The summed E-state index contributed by atoms with van der Waals surface area (Å²) in [5.41, 5.74) is 1.70. The number of benzene rings is 1. The molecule has 1 aliphatic heterocycles. The Morgan fingerprint density at radius 1 is 1.42 bits per heavy atom. The van der Waals surface area contributed by atoms with Gasteiger partial charge in [-0.15, -0.1) is 11.3 Å². The number of thiophene rings is 1. The van der Waals surface area contributed by atoms with Crippen LogP contribution in [0.1, 0.15) is 22.9 Å². The lowest BCUT2D eigenvalue weighted by Crippen LogP contribution is -2.29. The first-order valence-electron chi connectivity index (χ1n) is 7.96. The van der Waals surface area contributed by atoms with E-state index in [0.717, 1.165) is 31.6 Å². The number of likely N-dealkylation sites (N-methyl/N-ethyl adjacent to an activating group) is 1. The van der Waals surface area contributed by atoms with Crippen LogP contribution in [0.15, 0.2) is 30.3 Å². The second-order valence-electron chi connectivity index (χ2n) is 5.59. The average molecular weight is 341 g/mol. The lowest BCUT2D eigenvalue weighted by molar-refractivity contribution is -0.118. The van der Waals surface area contributed by atoms with Gasteiger partial charge in [-0.1, -0.05) is 25.1 Å². The molecule has 0 fully saturated rings. The molecule has 0 spiro atoms. The summed E-state index contributed by atoms with van der Waals surface area (Å²) in [6, 6.07) is 11.5. The summed E-state index contributed by atoms with van der Waals surface area (Å²) >= 11 is 1.50. The molecule has 0 bridgehead atoms. The number of hydrogen-bond acceptors (Lipinski definition) is 5. The smallest absolute Gasteiger partial charge is 0.262 e. The molecule has 3 rings (SSSR count). The molecule has 0 unspecified atom stereocenters. The number of nitrogens with zero attached hydrogens (tertiary/aromatic N) is 2. The van der Waals surface area contributed by atoms with Crippen molar-refractivity contribution in [2.75, 3.05) is 25.0 Å². The van der Waals surface area contributed by atoms with Gasteiger partial charge < -0.3 is 10.1 Å². The van der Waals surface area contributed by atoms with Crippen molar-refractivity contribution in [3.63, 3.8) is 0 Å². The number of para-hydroxylation sites is 1. The van der Waals surface area contributed by atoms with Crippen LogP contribution in [0.4, 0.5) is 5.00 Å². The Hall–Kier alpha value is -2.36. The fourth-order valence-electron chi connectivity index (χ4n) is 2.76. The lowest BCUT2D eigenvalue weighted by Gasteiger charge is -2.24. The summed E-state index contributed by atoms with van der Waals surface area (Å²) in [4.78, 5) is 15.7. The molecule has 1 N–H and O–H groups in total. The van der Waals surface area contributed by atoms with Crippen molar-refractivity contribution < 1.29 is 9.53 Å². The van der Waals surface area contributed by atoms with Gasteiger partial charge in [-0.05, 0) is 30.7 Å². The molecule has 1 aromatic heterocycles. The molecule has 0 saturated heterocycles. The van der Waals surface area contributed by atoms with Crippen LogP contribution in [0.2, 0.25) is 0 Å². The van der Waals surface area contributed by atoms with Crippen molar-refractivity contribution in [3.05, 3.63) is 46.3 Å². The Bertz CT molecular complexity index is 765. The quantitative estimate of drug-likeness (QED) is 0.908. The summed E-state index contributed by atoms with van der Waals surface area (Å²) < 4.78 is 5.45. The van der Waals surface area contributed by atoms with Gasteiger partial charge in [-0.25, -0.2) is 0 Å². The van der Waals surface area contributed by atoms with E-state index in [1.165, 1.54) is 16.2 Å². The van der Waals surface area contributed by atoms with E-state index >= 15 is 0 Å². The standard InChI is InChI=1S/C18H19N3O2S/c1-2-21-9-8-14-15(10-19)18(24-16(14)11-21)20-17(22)12-23-13-6-4-3-5-7-13/h3-7H,2,8-9,11-12H2,1H3,(H,20,22). The first-order chi connectivity index (χ1) is 11.7. The van der Waals surface area contributed by atoms with Crippen molar-refractivity contribution in [1.82, 2.24) is 4.90 Å². The maximum atomic E-state index is 12.1. The van der Waals surface area contributed by atoms with Crippen LogP contribution in [0, 0.1) is 11.3 Å². The lowest BCUT2D eigenvalue weighted by atomic mass is 10.0. The van der Waals surface area contributed by atoms with Crippen molar-refractivity contribution in [3.8, 4) is 11.8 Å². The number of fused-ring (bicyclic) bond motifs is 1. The van der Waals surface area contributed by atoms with Crippen LogP contribution in [0.3, 0.4) is 0 Å². The SMILES string of the molecule is CCN1CCc2c(sc(NC(=O)COc3ccccc3)c2C#N)C1. The summed E-state index contributed by atoms with van der Waals surface area (Å²) in [5.74, 6) is 0.401. The minimum absolute atomic E-state index is 0.0709. The van der Waals surface area contributed by atoms with E-state index in [0.29, 0.717) is 16.3 Å². The van der Waals surface area contributed by atoms with Gasteiger partial charge in [-0.3, -0.25) is 9.69 Å². The Labute approximate surface area is 145 Å². The molecule has 0 atom stereocenters. The summed E-state index contributed by atoms with van der Waals surface area (Å²) in [7, 11) is 0. The third-order valence-corrected chi connectivity index (χ3v) is 5.19. The minimum atomic E-state index is -0.249. The Morgan fingerprint density at radius 2 is 2.21 bits per heavy atom. The molecule has 24 heavy (non-hydrogen) atoms. The molecular formula is C18H19N3O2S. The number of nitriles is 1. The highest BCUT2D eigenvalue weighted by molar-refractivity contribution is 7.16. The van der Waals surface area contributed by atoms with Crippen molar-refractivity contribution in [2.45, 2.75) is 19.9 Å². The molecule has 2 aromatic rings. The zero-order chi connectivity index (χ0) is 16.9. The van der Waals surface area contributed by atoms with Gasteiger partial charge in [-0.2, -0.15) is 5.26 Å². The summed E-state index contributed by atoms with van der Waals surface area (Å²) in [6.45, 7) is 4.86. The topological polar surface area (TPSA) is 65.4 Å². The third kappa shape index (κ3) is 3.58. The van der Waals surface area contributed by atoms with Crippen molar-refractivity contribution in [1.29, 1.82) is 5.26 Å². The van der Waals surface area contributed by atoms with E-state index in [1.54, 1.807) is 12.1 Å². The zero-order valence-corrected chi connectivity index (χ0v) is 14.4. The Balaban J connectivity index is 1.68. The highest BCUT2D eigenvalue weighted by Crippen LogP contribution is 2.36. The van der Waals surface area contributed by atoms with Gasteiger partial charge >= 0.3 is 0 Å². The molecule has 0 aliphatic carbocycles. The predicted octanol–water partition coefficient (Wildman–Crippen LogP) is 3.02. The number of carbonyl (C=O) groups is 1. The number of nitrogens with one attached hydrogen (secondary N) is 1. The molecule has 1 aromatic carbocycles. The fraction of sp³-hybridized carbons (Fsp3) is 0.333. The van der Waals surface area contributed by atoms with E-state index in [4.69, 9.17) is 4.74 Å². The number of rotatable bonds is 5. The van der Waals surface area contributed by atoms with Crippen LogP contribution < -0.4 is 10.1 Å². The Morgan fingerprint density at radius 3 is 2.92 bits per heavy atom. The van der Waals surface area contributed by atoms with E-state index in [-0.39, 0.29) is 12.5 Å². The molecule has 1 amide bonds. The average Bonchev–Trinajstić information content (AvgIpc) is 2.96. The third-order valence-electron chi connectivity index (χ3n) is 4.06. The fourth-order valence-corrected chi connectivity index (χ4v) is 4.02. The van der Waals surface area contributed by atoms with Gasteiger partial charge in [0.05, 0.1) is 5.56 Å². The van der Waals surface area contributed by atoms with Gasteiger partial charge in [0.1, 0.15) is 16.8 Å². The van der Waals surface area contributed by atoms with E-state index < -0.39 is 0 Å². The van der Waals surface area contributed by atoms with Crippen molar-refractivity contribution in [2.24, 2.45) is 0 Å². The largest absolute Gasteiger partial charge is 0.484 e. The van der Waals surface area contributed by atoms with Crippen LogP contribution in [-0.4, -0.2) is 30.5 Å². The highest BCUT2D eigenvalue weighted by Gasteiger charge is 2.24. The second-order valence-corrected chi connectivity index (χ2v) is 6.69. The number of anilines is 1. The van der Waals surface area contributed by atoms with Gasteiger partial charge in [0.2, 0.25) is 0 Å². The first-order valence-corrected chi connectivity index (χ1v) is 8.77. The monoisotopic (exact) mass is 341 g/mol. The molecule has 6 heteroatoms. The predicted molar refractivity (Wildman–Crippen MR) is 94.3 cm³/mol. The molecule has 2 heterocycles. The number of ether oxygens (including phenoxy) is 1. The molecule has 1 aliphatic rings. The first kappa shape index (κ1) is 16.5. The van der Waals surface area contributed by atoms with Crippen LogP contribution >= 0.6 is 11.3 Å². The van der Waals surface area contributed by atoms with Gasteiger partial charge in [0, 0.05) is 18.0 Å². The zero-order valence-electron chi connectivity index (χ0n) is 13.5. The van der Waals surface area contributed by atoms with Crippen LogP contribution in [0.25, 0.3) is 0 Å². The molecule has 0 radical (unpaired) electrons. The molecule has 0 saturated carbocycles. The van der Waals surface area contributed by atoms with Crippen LogP contribution in [0.5, 0.6) is 5.75 Å². The van der Waals surface area contributed by atoms with Crippen molar-refractivity contribution >= 4 is 22.2 Å². The normalized spacial score (nSPS) is 13.8. The summed E-state index contributed by atoms with van der Waals surface area (Å²) in [5, 5.41) is 12.9. The number of amides is 1. The Kier molecular flexibility index (Phi) is 5.14. The van der Waals surface area contributed by atoms with E-state index in [9.17, 15) is 10.1 Å². The van der Waals surface area contributed by atoms with E-state index in [1.807, 2.05) is 18.2 Å². The maximum Gasteiger partial charge on any atom is 0.262 e. The maximum absolute atomic E-state index is 12.1. The summed E-state index contributed by atoms with van der Waals surface area (Å²) in [6.07, 6.45) is 0.860. The van der Waals surface area contributed by atoms with Crippen LogP contribution in [-0.2, 0) is 17.8 Å². The molecular weight excluding hydrogens is 322 g/mol. The highest BCUT2D eigenvalue weighted by atomic mass is 32.1. The number of carbonyl (C=O) groups excluding carboxylic acids is 1.